The van der Waals surface area contributed by atoms with Crippen LogP contribution in [0.2, 0.25) is 0 Å². The second kappa shape index (κ2) is 7.24. The van der Waals surface area contributed by atoms with E-state index in [1.807, 2.05) is 24.3 Å². The Morgan fingerprint density at radius 1 is 1.27 bits per heavy atom. The highest BCUT2D eigenvalue weighted by atomic mass is 16.5. The molecule has 1 aliphatic rings. The molecule has 0 saturated carbocycles. The van der Waals surface area contributed by atoms with Gasteiger partial charge in [0.2, 0.25) is 5.91 Å². The number of rotatable bonds is 7. The molecule has 0 aromatic heterocycles. The average Bonchev–Trinajstić information content (AvgIpc) is 2.74. The van der Waals surface area contributed by atoms with E-state index in [0.717, 1.165) is 16.2 Å². The van der Waals surface area contributed by atoms with E-state index in [-0.39, 0.29) is 31.6 Å². The summed E-state index contributed by atoms with van der Waals surface area (Å²) in [5.41, 5.74) is 0.945. The maximum atomic E-state index is 11.7. The number of hydrogen-bond acceptors (Lipinski definition) is 5. The summed E-state index contributed by atoms with van der Waals surface area (Å²) < 4.78 is 10.5. The van der Waals surface area contributed by atoms with Crippen molar-refractivity contribution in [2.24, 2.45) is 0 Å². The van der Waals surface area contributed by atoms with Crippen molar-refractivity contribution in [1.29, 1.82) is 0 Å². The third kappa shape index (κ3) is 3.96. The number of carbonyl (C=O) groups is 2. The summed E-state index contributed by atoms with van der Waals surface area (Å²) in [7, 11) is 3.15. The second-order valence-electron chi connectivity index (χ2n) is 5.16. The van der Waals surface area contributed by atoms with Crippen molar-refractivity contribution in [1.82, 2.24) is 9.80 Å². The van der Waals surface area contributed by atoms with E-state index in [0.29, 0.717) is 6.61 Å². The lowest BCUT2D eigenvalue weighted by Crippen LogP contribution is -2.39. The molecule has 1 saturated heterocycles. The first-order valence-corrected chi connectivity index (χ1v) is 6.95. The second-order valence-corrected chi connectivity index (χ2v) is 5.16. The molecular weight excluding hydrogens is 288 g/mol. The molecule has 2 rings (SSSR count). The van der Waals surface area contributed by atoms with Gasteiger partial charge in [0.1, 0.15) is 12.3 Å². The Kier molecular flexibility index (Phi) is 5.35. The molecule has 120 valence electrons. The molecule has 7 heteroatoms. The third-order valence-electron chi connectivity index (χ3n) is 3.36. The highest BCUT2D eigenvalue weighted by molar-refractivity contribution is 6.01. The summed E-state index contributed by atoms with van der Waals surface area (Å²) in [6, 6.07) is 7.00. The summed E-state index contributed by atoms with van der Waals surface area (Å²) >= 11 is 0. The van der Waals surface area contributed by atoms with E-state index < -0.39 is 6.10 Å². The summed E-state index contributed by atoms with van der Waals surface area (Å²) in [5.74, 6) is 0.459. The lowest BCUT2D eigenvalue weighted by molar-refractivity contribution is -0.126. The predicted octanol–water partition coefficient (Wildman–Crippen LogP) is 0.467. The lowest BCUT2D eigenvalue weighted by atomic mass is 10.2. The molecule has 1 N–H and O–H groups in total. The SMILES string of the molecule is COc1ccc(COCC(O)CN2C(=O)CN(C)C2=O)cc1. The average molecular weight is 308 g/mol. The molecule has 3 amide bonds. The van der Waals surface area contributed by atoms with Gasteiger partial charge in [-0.15, -0.1) is 0 Å². The summed E-state index contributed by atoms with van der Waals surface area (Å²) in [6.07, 6.45) is -0.905. The van der Waals surface area contributed by atoms with Crippen LogP contribution >= 0.6 is 0 Å². The van der Waals surface area contributed by atoms with E-state index in [1.165, 1.54) is 4.90 Å². The molecule has 1 heterocycles. The molecule has 1 aliphatic heterocycles. The van der Waals surface area contributed by atoms with Gasteiger partial charge in [-0.25, -0.2) is 4.79 Å². The monoisotopic (exact) mass is 308 g/mol. The van der Waals surface area contributed by atoms with Gasteiger partial charge in [-0.1, -0.05) is 12.1 Å². The van der Waals surface area contributed by atoms with Crippen LogP contribution in [0.5, 0.6) is 5.75 Å². The molecule has 7 nitrogen and oxygen atoms in total. The van der Waals surface area contributed by atoms with Crippen LogP contribution in [0.4, 0.5) is 4.79 Å². The van der Waals surface area contributed by atoms with Crippen molar-refractivity contribution in [3.8, 4) is 5.75 Å². The zero-order valence-corrected chi connectivity index (χ0v) is 12.7. The molecule has 1 atom stereocenters. The zero-order valence-electron chi connectivity index (χ0n) is 12.7. The number of aliphatic hydroxyl groups is 1. The van der Waals surface area contributed by atoms with Gasteiger partial charge in [0.05, 0.1) is 33.0 Å². The fraction of sp³-hybridized carbons (Fsp3) is 0.467. The molecular formula is C15H20N2O5. The number of benzene rings is 1. The van der Waals surface area contributed by atoms with E-state index in [4.69, 9.17) is 9.47 Å². The minimum Gasteiger partial charge on any atom is -0.497 e. The molecule has 1 aromatic carbocycles. The molecule has 1 aromatic rings. The van der Waals surface area contributed by atoms with E-state index in [1.54, 1.807) is 14.2 Å². The van der Waals surface area contributed by atoms with Crippen molar-refractivity contribution in [2.45, 2.75) is 12.7 Å². The molecule has 22 heavy (non-hydrogen) atoms. The van der Waals surface area contributed by atoms with Crippen LogP contribution in [0.15, 0.2) is 24.3 Å². The normalized spacial score (nSPS) is 16.3. The minimum atomic E-state index is -0.905. The van der Waals surface area contributed by atoms with Crippen molar-refractivity contribution >= 4 is 11.9 Å². The number of carbonyl (C=O) groups excluding carboxylic acids is 2. The maximum absolute atomic E-state index is 11.7. The Morgan fingerprint density at radius 3 is 2.50 bits per heavy atom. The van der Waals surface area contributed by atoms with Gasteiger partial charge >= 0.3 is 6.03 Å². The van der Waals surface area contributed by atoms with Gasteiger partial charge in [-0.2, -0.15) is 0 Å². The number of urea groups is 1. The molecule has 0 bridgehead atoms. The number of hydrogen-bond donors (Lipinski definition) is 1. The molecule has 0 spiro atoms. The quantitative estimate of drug-likeness (QED) is 0.741. The van der Waals surface area contributed by atoms with Gasteiger partial charge in [0.15, 0.2) is 0 Å². The smallest absolute Gasteiger partial charge is 0.327 e. The highest BCUT2D eigenvalue weighted by Crippen LogP contribution is 2.12. The van der Waals surface area contributed by atoms with Crippen LogP contribution in [0.25, 0.3) is 0 Å². The largest absolute Gasteiger partial charge is 0.497 e. The fourth-order valence-corrected chi connectivity index (χ4v) is 2.15. The number of aliphatic hydroxyl groups excluding tert-OH is 1. The Morgan fingerprint density at radius 2 is 1.95 bits per heavy atom. The number of nitrogens with zero attached hydrogens (tertiary/aromatic N) is 2. The third-order valence-corrected chi connectivity index (χ3v) is 3.36. The molecule has 1 unspecified atom stereocenters. The van der Waals surface area contributed by atoms with Crippen LogP contribution in [-0.2, 0) is 16.1 Å². The van der Waals surface area contributed by atoms with Crippen LogP contribution in [0.1, 0.15) is 5.56 Å². The number of β-amino-alcohol motifs (C(OH)–C–C–N with tert-alkyl or cyclic N) is 1. The molecule has 0 aliphatic carbocycles. The van der Waals surface area contributed by atoms with Crippen molar-refractivity contribution in [3.63, 3.8) is 0 Å². The first-order valence-electron chi connectivity index (χ1n) is 6.95. The lowest BCUT2D eigenvalue weighted by Gasteiger charge is -2.18. The van der Waals surface area contributed by atoms with E-state index >= 15 is 0 Å². The Bertz CT molecular complexity index is 531. The van der Waals surface area contributed by atoms with Gasteiger partial charge in [0.25, 0.3) is 0 Å². The highest BCUT2D eigenvalue weighted by Gasteiger charge is 2.34. The summed E-state index contributed by atoms with van der Waals surface area (Å²) in [4.78, 5) is 25.6. The van der Waals surface area contributed by atoms with Crippen molar-refractivity contribution < 1.29 is 24.2 Å². The molecule has 1 fully saturated rings. The van der Waals surface area contributed by atoms with Gasteiger partial charge in [-0.05, 0) is 17.7 Å². The number of imide groups is 1. The Hall–Kier alpha value is -2.12. The van der Waals surface area contributed by atoms with Crippen molar-refractivity contribution in [3.05, 3.63) is 29.8 Å². The first-order chi connectivity index (χ1) is 10.5. The Labute approximate surface area is 129 Å². The number of ether oxygens (including phenoxy) is 2. The van der Waals surface area contributed by atoms with Crippen LogP contribution in [0, 0.1) is 0 Å². The Balaban J connectivity index is 1.74. The maximum Gasteiger partial charge on any atom is 0.327 e. The predicted molar refractivity (Wildman–Crippen MR) is 78.4 cm³/mol. The topological polar surface area (TPSA) is 79.3 Å². The first kappa shape index (κ1) is 16.3. The van der Waals surface area contributed by atoms with Crippen LogP contribution < -0.4 is 4.74 Å². The minimum absolute atomic E-state index is 0.0484. The zero-order chi connectivity index (χ0) is 16.1. The van der Waals surface area contributed by atoms with Crippen LogP contribution in [-0.4, -0.2) is 66.8 Å². The van der Waals surface area contributed by atoms with Gasteiger partial charge in [-0.3, -0.25) is 9.69 Å². The number of amides is 3. The standard InChI is InChI=1S/C15H20N2O5/c1-16-8-14(19)17(15(16)20)7-12(18)10-22-9-11-3-5-13(21-2)6-4-11/h3-6,12,18H,7-10H2,1-2H3. The van der Waals surface area contributed by atoms with Crippen molar-refractivity contribution in [2.75, 3.05) is 33.9 Å². The fourth-order valence-electron chi connectivity index (χ4n) is 2.15. The van der Waals surface area contributed by atoms with E-state index in [2.05, 4.69) is 0 Å². The number of likely N-dealkylation sites (N-methyl/N-ethyl adjacent to an activating group) is 1. The van der Waals surface area contributed by atoms with Crippen LogP contribution in [0.3, 0.4) is 0 Å². The number of methoxy groups -OCH3 is 1. The van der Waals surface area contributed by atoms with Gasteiger partial charge < -0.3 is 19.5 Å². The molecule has 0 radical (unpaired) electrons. The van der Waals surface area contributed by atoms with Gasteiger partial charge in [0, 0.05) is 7.05 Å². The van der Waals surface area contributed by atoms with E-state index in [9.17, 15) is 14.7 Å². The summed E-state index contributed by atoms with van der Waals surface area (Å²) in [5, 5.41) is 9.88. The summed E-state index contributed by atoms with van der Waals surface area (Å²) in [6.45, 7) is 0.387.